The average molecular weight is 120 g/mol. The van der Waals surface area contributed by atoms with E-state index in [4.69, 9.17) is 4.78 Å². The Kier molecular flexibility index (Phi) is 1.26. The molecule has 1 heterocycles. The van der Waals surface area contributed by atoms with Gasteiger partial charge in [-0.3, -0.25) is 9.77 Å². The Balaban J connectivity index is 2.59. The van der Waals surface area contributed by atoms with Crippen LogP contribution in [-0.4, -0.2) is 11.4 Å². The molecule has 2 nitrogen and oxygen atoms in total. The molecule has 0 aromatic rings. The summed E-state index contributed by atoms with van der Waals surface area (Å²) in [5, 5.41) is 0. The van der Waals surface area contributed by atoms with Crippen LogP contribution in [-0.2, 0) is 9.72 Å². The summed E-state index contributed by atoms with van der Waals surface area (Å²) in [6.45, 7) is 0. The van der Waals surface area contributed by atoms with Gasteiger partial charge in [-0.2, -0.15) is 0 Å². The molecule has 1 atom stereocenters. The monoisotopic (exact) mass is 120 g/mol. The fourth-order valence-electron chi connectivity index (χ4n) is 0.216. The van der Waals surface area contributed by atoms with Gasteiger partial charge in [0.25, 0.3) is 0 Å². The second-order valence-corrected chi connectivity index (χ2v) is 3.92. The molecule has 0 aromatic carbocycles. The molecular weight excluding hydrogens is 116 g/mol. The summed E-state index contributed by atoms with van der Waals surface area (Å²) in [4.78, 5) is 3.83. The quantitative estimate of drug-likeness (QED) is 0.476. The fraction of sp³-hybridized carbons (Fsp3) is 0.500. The van der Waals surface area contributed by atoms with E-state index in [0.29, 0.717) is 0 Å². The van der Waals surface area contributed by atoms with Crippen molar-refractivity contribution in [1.29, 1.82) is 4.78 Å². The summed E-state index contributed by atoms with van der Waals surface area (Å²) in [5.41, 5.74) is 1.69. The second-order valence-electron chi connectivity index (χ2n) is 0.832. The zero-order chi connectivity index (χ0) is 4.41. The van der Waals surface area contributed by atoms with Gasteiger partial charge < -0.3 is 0 Å². The first-order chi connectivity index (χ1) is 2.89. The maximum atomic E-state index is 6.97. The van der Waals surface area contributed by atoms with Crippen molar-refractivity contribution in [3.05, 3.63) is 0 Å². The predicted molar refractivity (Wildman–Crippen MR) is 31.0 cm³/mol. The molecule has 34 valence electrons. The minimum Gasteiger partial charge on any atom is -0.273 e. The van der Waals surface area contributed by atoms with Gasteiger partial charge in [-0.15, -0.1) is 0 Å². The van der Waals surface area contributed by atoms with Crippen LogP contribution in [0.2, 0.25) is 0 Å². The minimum atomic E-state index is -0.298. The molecule has 0 saturated heterocycles. The van der Waals surface area contributed by atoms with Crippen molar-refractivity contribution < 1.29 is 0 Å². The van der Waals surface area contributed by atoms with Gasteiger partial charge in [-0.05, 0) is 9.72 Å². The van der Waals surface area contributed by atoms with E-state index in [9.17, 15) is 0 Å². The molecule has 1 aliphatic rings. The van der Waals surface area contributed by atoms with Gasteiger partial charge in [-0.25, -0.2) is 0 Å². The van der Waals surface area contributed by atoms with Crippen LogP contribution in [0.4, 0.5) is 0 Å². The van der Waals surface area contributed by atoms with E-state index >= 15 is 0 Å². The summed E-state index contributed by atoms with van der Waals surface area (Å²) in [6, 6.07) is 0. The van der Waals surface area contributed by atoms with Gasteiger partial charge in [0.2, 0.25) is 0 Å². The summed E-state index contributed by atoms with van der Waals surface area (Å²) in [5.74, 6) is 0.798. The topological polar surface area (TPSA) is 36.2 Å². The third kappa shape index (κ3) is 0.815. The van der Waals surface area contributed by atoms with Gasteiger partial charge in [-0.1, -0.05) is 10.8 Å². The molecule has 6 heavy (non-hydrogen) atoms. The third-order valence-corrected chi connectivity index (χ3v) is 2.61. The maximum absolute atomic E-state index is 6.97. The van der Waals surface area contributed by atoms with Crippen LogP contribution in [0.25, 0.3) is 0 Å². The smallest absolute Gasteiger partial charge is 0.0965 e. The third-order valence-electron chi connectivity index (χ3n) is 0.424. The van der Waals surface area contributed by atoms with Crippen molar-refractivity contribution in [1.82, 2.24) is 0 Å². The summed E-state index contributed by atoms with van der Waals surface area (Å²) < 4.78 is 6.97. The van der Waals surface area contributed by atoms with Crippen molar-refractivity contribution >= 4 is 26.1 Å². The summed E-state index contributed by atoms with van der Waals surface area (Å²) in [7, 11) is 1.27. The van der Waals surface area contributed by atoms with Crippen LogP contribution in [0.5, 0.6) is 0 Å². The van der Waals surface area contributed by atoms with E-state index in [1.54, 1.807) is 16.3 Å². The van der Waals surface area contributed by atoms with Crippen molar-refractivity contribution in [2.24, 2.45) is 4.99 Å². The molecule has 0 saturated carbocycles. The first kappa shape index (κ1) is 4.33. The maximum Gasteiger partial charge on any atom is 0.0965 e. The van der Waals surface area contributed by atoms with Crippen molar-refractivity contribution in [3.8, 4) is 0 Å². The van der Waals surface area contributed by atoms with E-state index in [1.165, 1.54) is 0 Å². The van der Waals surface area contributed by atoms with Gasteiger partial charge in [0.15, 0.2) is 0 Å². The molecule has 1 rings (SSSR count). The molecule has 1 aliphatic heterocycles. The summed E-state index contributed by atoms with van der Waals surface area (Å²) in [6.07, 6.45) is 0. The lowest BCUT2D eigenvalue weighted by atomic mass is 11.4. The number of hydrogen-bond donors (Lipinski definition) is 1. The Bertz CT molecular complexity index is 97.7. The molecular formula is C2H4N2S2. The summed E-state index contributed by atoms with van der Waals surface area (Å²) >= 11 is 0. The van der Waals surface area contributed by atoms with E-state index in [0.717, 1.165) is 5.88 Å². The Morgan fingerprint density at radius 2 is 2.83 bits per heavy atom. The average Bonchev–Trinajstić information content (AvgIpc) is 1.86. The predicted octanol–water partition coefficient (Wildman–Crippen LogP) is 1.01. The Morgan fingerprint density at radius 3 is 3.00 bits per heavy atom. The van der Waals surface area contributed by atoms with Crippen LogP contribution in [0.15, 0.2) is 4.99 Å². The van der Waals surface area contributed by atoms with Gasteiger partial charge in [0, 0.05) is 0 Å². The molecule has 1 unspecified atom stereocenters. The van der Waals surface area contributed by atoms with Crippen molar-refractivity contribution in [2.75, 3.05) is 5.88 Å². The minimum absolute atomic E-state index is 0.298. The highest BCUT2D eigenvalue weighted by atomic mass is 33.1. The molecule has 1 N–H and O–H groups in total. The van der Waals surface area contributed by atoms with Crippen LogP contribution < -0.4 is 0 Å². The highest BCUT2D eigenvalue weighted by Crippen LogP contribution is 2.11. The zero-order valence-corrected chi connectivity index (χ0v) is 4.68. The molecule has 0 fully saturated rings. The second kappa shape index (κ2) is 1.75. The van der Waals surface area contributed by atoms with E-state index < -0.39 is 0 Å². The van der Waals surface area contributed by atoms with Gasteiger partial charge >= 0.3 is 0 Å². The van der Waals surface area contributed by atoms with Crippen LogP contribution in [0.1, 0.15) is 0 Å². The molecule has 0 radical (unpaired) electrons. The van der Waals surface area contributed by atoms with Crippen LogP contribution >= 0.6 is 10.8 Å². The largest absolute Gasteiger partial charge is 0.273 e. The fourth-order valence-corrected chi connectivity index (χ4v) is 1.72. The lowest BCUT2D eigenvalue weighted by Gasteiger charge is -1.76. The highest BCUT2D eigenvalue weighted by Gasteiger charge is 1.94. The number of nitrogens with one attached hydrogen (secondary N) is 1. The van der Waals surface area contributed by atoms with Gasteiger partial charge in [0.1, 0.15) is 0 Å². The zero-order valence-electron chi connectivity index (χ0n) is 3.05. The Hall–Kier alpha value is 0.170. The number of rotatable bonds is 0. The lowest BCUT2D eigenvalue weighted by molar-refractivity contribution is 1.43. The molecule has 0 aromatic heterocycles. The molecule has 0 bridgehead atoms. The van der Waals surface area contributed by atoms with Crippen molar-refractivity contribution in [2.45, 2.75) is 0 Å². The normalized spacial score (nSPS) is 31.7. The first-order valence-electron chi connectivity index (χ1n) is 1.47. The standard InChI is InChI=1S/C2H4N2S2/c3-6-2-4-1-5-6/h2-3H,1H2. The number of hydrogen-bond acceptors (Lipinski definition) is 3. The molecule has 0 spiro atoms. The highest BCUT2D eigenvalue weighted by molar-refractivity contribution is 8.74. The molecule has 0 amide bonds. The molecule has 0 aliphatic carbocycles. The first-order valence-corrected chi connectivity index (χ1v) is 4.26. The van der Waals surface area contributed by atoms with E-state index in [-0.39, 0.29) is 9.72 Å². The van der Waals surface area contributed by atoms with Gasteiger partial charge in [0.05, 0.1) is 11.4 Å². The van der Waals surface area contributed by atoms with Crippen LogP contribution in [0, 0.1) is 4.78 Å². The Morgan fingerprint density at radius 1 is 2.00 bits per heavy atom. The van der Waals surface area contributed by atoms with Crippen molar-refractivity contribution in [3.63, 3.8) is 0 Å². The molecule has 4 heteroatoms. The lowest BCUT2D eigenvalue weighted by Crippen LogP contribution is -1.65. The van der Waals surface area contributed by atoms with E-state index in [2.05, 4.69) is 4.99 Å². The van der Waals surface area contributed by atoms with E-state index in [1.807, 2.05) is 0 Å². The van der Waals surface area contributed by atoms with Crippen LogP contribution in [0.3, 0.4) is 0 Å². The number of nitrogens with zero attached hydrogens (tertiary/aromatic N) is 1. The SMILES string of the molecule is N=S1C=NCS1. The number of aliphatic imine (C=N–C) groups is 1. The Labute approximate surface area is 42.3 Å².